The lowest BCUT2D eigenvalue weighted by Crippen LogP contribution is -2.39. The van der Waals surface area contributed by atoms with E-state index in [2.05, 4.69) is 31.2 Å². The minimum atomic E-state index is -0.0352. The molecule has 0 atom stereocenters. The average molecular weight is 441 g/mol. The van der Waals surface area contributed by atoms with Crippen molar-refractivity contribution in [2.75, 3.05) is 48.3 Å². The molecular weight excluding hydrogens is 408 g/mol. The summed E-state index contributed by atoms with van der Waals surface area (Å²) in [6.07, 6.45) is 6.08. The first-order valence-electron chi connectivity index (χ1n) is 11.0. The van der Waals surface area contributed by atoms with Gasteiger partial charge in [0.1, 0.15) is 11.6 Å². The number of carbonyl (C=O) groups is 2. The SMILES string of the molecule is Nc1ccc(NCCNC(=O)C2CCC(C(=O)NCCNc3ccc(N)cn3)CC2)nc1. The summed E-state index contributed by atoms with van der Waals surface area (Å²) in [5.41, 5.74) is 12.4. The maximum Gasteiger partial charge on any atom is 0.223 e. The fourth-order valence-electron chi connectivity index (χ4n) is 3.68. The standard InChI is InChI=1S/C22H32N8O2/c23-17-5-7-19(29-13-17)25-9-11-27-21(31)15-1-2-16(4-3-15)22(32)28-12-10-26-20-8-6-18(24)14-30-20/h5-8,13-16H,1-4,9-12,23-24H2,(H,25,29)(H,26,30)(H,27,31)(H,28,32). The molecule has 0 radical (unpaired) electrons. The molecule has 0 aliphatic heterocycles. The second-order valence-electron chi connectivity index (χ2n) is 7.94. The predicted octanol–water partition coefficient (Wildman–Crippen LogP) is 1.20. The van der Waals surface area contributed by atoms with Crippen molar-refractivity contribution in [3.05, 3.63) is 36.7 Å². The largest absolute Gasteiger partial charge is 0.397 e. The summed E-state index contributed by atoms with van der Waals surface area (Å²) < 4.78 is 0. The summed E-state index contributed by atoms with van der Waals surface area (Å²) in [6, 6.07) is 7.15. The molecule has 1 saturated carbocycles. The van der Waals surface area contributed by atoms with Crippen LogP contribution in [0.15, 0.2) is 36.7 Å². The number of nitrogens with one attached hydrogen (secondary N) is 4. The highest BCUT2D eigenvalue weighted by Gasteiger charge is 2.29. The number of carbonyl (C=O) groups excluding carboxylic acids is 2. The van der Waals surface area contributed by atoms with Gasteiger partial charge >= 0.3 is 0 Å². The van der Waals surface area contributed by atoms with Gasteiger partial charge in [-0.3, -0.25) is 9.59 Å². The molecule has 0 bridgehead atoms. The Bertz CT molecular complexity index is 791. The summed E-state index contributed by atoms with van der Waals surface area (Å²) >= 11 is 0. The molecule has 1 fully saturated rings. The van der Waals surface area contributed by atoms with E-state index in [-0.39, 0.29) is 23.7 Å². The molecule has 1 aliphatic rings. The van der Waals surface area contributed by atoms with E-state index in [0.29, 0.717) is 37.6 Å². The molecule has 172 valence electrons. The molecule has 0 saturated heterocycles. The fourth-order valence-corrected chi connectivity index (χ4v) is 3.68. The van der Waals surface area contributed by atoms with Gasteiger partial charge in [0, 0.05) is 38.0 Å². The van der Waals surface area contributed by atoms with Gasteiger partial charge in [-0.2, -0.15) is 0 Å². The Labute approximate surface area is 188 Å². The molecule has 10 nitrogen and oxygen atoms in total. The van der Waals surface area contributed by atoms with Crippen molar-refractivity contribution < 1.29 is 9.59 Å². The highest BCUT2D eigenvalue weighted by atomic mass is 16.2. The number of rotatable bonds is 10. The van der Waals surface area contributed by atoms with Gasteiger partial charge in [0.05, 0.1) is 23.8 Å². The third kappa shape index (κ3) is 7.29. The first kappa shape index (κ1) is 23.1. The lowest BCUT2D eigenvalue weighted by Gasteiger charge is -2.27. The molecule has 32 heavy (non-hydrogen) atoms. The molecule has 0 aromatic carbocycles. The zero-order chi connectivity index (χ0) is 22.8. The number of nitrogen functional groups attached to an aromatic ring is 2. The van der Waals surface area contributed by atoms with Gasteiger partial charge in [0.2, 0.25) is 11.8 Å². The van der Waals surface area contributed by atoms with Crippen LogP contribution in [0.4, 0.5) is 23.0 Å². The molecule has 8 N–H and O–H groups in total. The van der Waals surface area contributed by atoms with Crippen molar-refractivity contribution in [3.63, 3.8) is 0 Å². The van der Waals surface area contributed by atoms with Crippen LogP contribution >= 0.6 is 0 Å². The molecule has 2 amide bonds. The van der Waals surface area contributed by atoms with E-state index in [1.807, 2.05) is 0 Å². The predicted molar refractivity (Wildman–Crippen MR) is 126 cm³/mol. The van der Waals surface area contributed by atoms with Crippen LogP contribution in [0, 0.1) is 11.8 Å². The molecule has 10 heteroatoms. The number of hydrogen-bond acceptors (Lipinski definition) is 8. The van der Waals surface area contributed by atoms with Crippen molar-refractivity contribution in [3.8, 4) is 0 Å². The fraction of sp³-hybridized carbons (Fsp3) is 0.455. The van der Waals surface area contributed by atoms with E-state index in [4.69, 9.17) is 11.5 Å². The van der Waals surface area contributed by atoms with E-state index in [0.717, 1.165) is 37.3 Å². The van der Waals surface area contributed by atoms with Crippen molar-refractivity contribution >= 4 is 34.8 Å². The van der Waals surface area contributed by atoms with Gasteiger partial charge in [-0.05, 0) is 49.9 Å². The number of aromatic nitrogens is 2. The maximum atomic E-state index is 12.4. The highest BCUT2D eigenvalue weighted by Crippen LogP contribution is 2.29. The summed E-state index contributed by atoms with van der Waals surface area (Å²) in [4.78, 5) is 33.1. The lowest BCUT2D eigenvalue weighted by atomic mass is 9.81. The summed E-state index contributed by atoms with van der Waals surface area (Å²) in [6.45, 7) is 2.20. The van der Waals surface area contributed by atoms with Crippen LogP contribution in [0.25, 0.3) is 0 Å². The van der Waals surface area contributed by atoms with Crippen LogP contribution in [-0.2, 0) is 9.59 Å². The monoisotopic (exact) mass is 440 g/mol. The first-order chi connectivity index (χ1) is 15.5. The van der Waals surface area contributed by atoms with Gasteiger partial charge in [0.25, 0.3) is 0 Å². The van der Waals surface area contributed by atoms with Crippen LogP contribution in [0.5, 0.6) is 0 Å². The van der Waals surface area contributed by atoms with Gasteiger partial charge < -0.3 is 32.7 Å². The topological polar surface area (TPSA) is 160 Å². The average Bonchev–Trinajstić information content (AvgIpc) is 2.81. The highest BCUT2D eigenvalue weighted by molar-refractivity contribution is 5.81. The van der Waals surface area contributed by atoms with Gasteiger partial charge in [0.15, 0.2) is 0 Å². The third-order valence-electron chi connectivity index (χ3n) is 5.50. The Morgan fingerprint density at radius 3 is 1.47 bits per heavy atom. The number of amides is 2. The molecular formula is C22H32N8O2. The number of nitrogens with two attached hydrogens (primary N) is 2. The second kappa shape index (κ2) is 11.7. The van der Waals surface area contributed by atoms with Crippen LogP contribution in [0.2, 0.25) is 0 Å². The smallest absolute Gasteiger partial charge is 0.223 e. The molecule has 2 aromatic heterocycles. The lowest BCUT2D eigenvalue weighted by molar-refractivity contribution is -0.130. The van der Waals surface area contributed by atoms with Crippen molar-refractivity contribution in [1.29, 1.82) is 0 Å². The van der Waals surface area contributed by atoms with Crippen LogP contribution in [0.1, 0.15) is 25.7 Å². The van der Waals surface area contributed by atoms with E-state index in [1.165, 1.54) is 0 Å². The molecule has 2 aromatic rings. The van der Waals surface area contributed by atoms with E-state index >= 15 is 0 Å². The van der Waals surface area contributed by atoms with Gasteiger partial charge in [-0.25, -0.2) is 9.97 Å². The van der Waals surface area contributed by atoms with Crippen LogP contribution < -0.4 is 32.7 Å². The number of hydrogen-bond donors (Lipinski definition) is 6. The molecule has 3 rings (SSSR count). The van der Waals surface area contributed by atoms with Gasteiger partial charge in [-0.15, -0.1) is 0 Å². The van der Waals surface area contributed by atoms with Gasteiger partial charge in [-0.1, -0.05) is 0 Å². The van der Waals surface area contributed by atoms with Crippen LogP contribution in [-0.4, -0.2) is 48.0 Å². The minimum Gasteiger partial charge on any atom is -0.397 e. The molecule has 2 heterocycles. The summed E-state index contributed by atoms with van der Waals surface area (Å²) in [5, 5.41) is 12.2. The van der Waals surface area contributed by atoms with E-state index < -0.39 is 0 Å². The quantitative estimate of drug-likeness (QED) is 0.301. The Morgan fingerprint density at radius 2 is 1.12 bits per heavy atom. The zero-order valence-electron chi connectivity index (χ0n) is 18.1. The third-order valence-corrected chi connectivity index (χ3v) is 5.50. The Hall–Kier alpha value is -3.56. The zero-order valence-corrected chi connectivity index (χ0v) is 18.1. The number of nitrogens with zero attached hydrogens (tertiary/aromatic N) is 2. The summed E-state index contributed by atoms with van der Waals surface area (Å²) in [5.74, 6) is 1.48. The minimum absolute atomic E-state index is 0.0352. The van der Waals surface area contributed by atoms with Crippen molar-refractivity contribution in [1.82, 2.24) is 20.6 Å². The van der Waals surface area contributed by atoms with Crippen LogP contribution in [0.3, 0.4) is 0 Å². The Balaban J connectivity index is 1.26. The van der Waals surface area contributed by atoms with E-state index in [1.54, 1.807) is 36.7 Å². The Kier molecular flexibility index (Phi) is 8.47. The molecule has 1 aliphatic carbocycles. The van der Waals surface area contributed by atoms with Crippen molar-refractivity contribution in [2.24, 2.45) is 11.8 Å². The molecule has 0 unspecified atom stereocenters. The maximum absolute atomic E-state index is 12.4. The number of pyridine rings is 2. The normalized spacial score (nSPS) is 17.9. The second-order valence-corrected chi connectivity index (χ2v) is 7.94. The Morgan fingerprint density at radius 1 is 0.719 bits per heavy atom. The van der Waals surface area contributed by atoms with Crippen molar-refractivity contribution in [2.45, 2.75) is 25.7 Å². The van der Waals surface area contributed by atoms with E-state index in [9.17, 15) is 9.59 Å². The molecule has 0 spiro atoms. The summed E-state index contributed by atoms with van der Waals surface area (Å²) in [7, 11) is 0. The first-order valence-corrected chi connectivity index (χ1v) is 11.0. The number of anilines is 4.